The summed E-state index contributed by atoms with van der Waals surface area (Å²) in [6, 6.07) is 11.6. The van der Waals surface area contributed by atoms with Crippen molar-refractivity contribution in [1.82, 2.24) is 5.32 Å². The fraction of sp³-hybridized carbons (Fsp3) is 0.263. The number of hydrogen-bond donors (Lipinski definition) is 1. The van der Waals surface area contributed by atoms with Crippen LogP contribution in [0.15, 0.2) is 50.6 Å². The Hall–Kier alpha value is -1.62. The quantitative estimate of drug-likeness (QED) is 0.750. The van der Waals surface area contributed by atoms with Crippen molar-refractivity contribution in [3.8, 4) is 0 Å². The molecule has 0 bridgehead atoms. The smallest absolute Gasteiger partial charge is 0.153 e. The predicted octanol–water partition coefficient (Wildman–Crippen LogP) is 4.46. The average Bonchev–Trinajstić information content (AvgIpc) is 3.00. The van der Waals surface area contributed by atoms with Crippen molar-refractivity contribution in [2.75, 3.05) is 6.54 Å². The third-order valence-electron chi connectivity index (χ3n) is 4.47. The molecule has 4 rings (SSSR count). The van der Waals surface area contributed by atoms with Gasteiger partial charge in [0.15, 0.2) is 5.58 Å². The highest BCUT2D eigenvalue weighted by atomic mass is 35.5. The second-order valence-electron chi connectivity index (χ2n) is 5.98. The number of fused-ring (bicyclic) bond motifs is 3. The fourth-order valence-corrected chi connectivity index (χ4v) is 4.67. The van der Waals surface area contributed by atoms with E-state index in [4.69, 9.17) is 16.0 Å². The first-order valence-corrected chi connectivity index (χ1v) is 9.65. The van der Waals surface area contributed by atoms with Crippen molar-refractivity contribution < 1.29 is 8.63 Å². The van der Waals surface area contributed by atoms with Gasteiger partial charge in [-0.15, -0.1) is 0 Å². The molecule has 1 aliphatic rings. The summed E-state index contributed by atoms with van der Waals surface area (Å²) in [7, 11) is -1.26. The number of benzene rings is 2. The summed E-state index contributed by atoms with van der Waals surface area (Å²) in [6.07, 6.45) is 1.78. The third-order valence-corrected chi connectivity index (χ3v) is 6.10. The molecule has 0 spiro atoms. The first kappa shape index (κ1) is 15.9. The minimum atomic E-state index is -1.26. The van der Waals surface area contributed by atoms with Gasteiger partial charge in [-0.25, -0.2) is 4.21 Å². The van der Waals surface area contributed by atoms with Gasteiger partial charge >= 0.3 is 0 Å². The van der Waals surface area contributed by atoms with Crippen LogP contribution >= 0.6 is 11.6 Å². The van der Waals surface area contributed by atoms with Crippen molar-refractivity contribution >= 4 is 33.4 Å². The number of rotatable bonds is 3. The van der Waals surface area contributed by atoms with E-state index in [2.05, 4.69) is 18.3 Å². The highest BCUT2D eigenvalue weighted by Crippen LogP contribution is 2.35. The van der Waals surface area contributed by atoms with Gasteiger partial charge in [-0.3, -0.25) is 0 Å². The van der Waals surface area contributed by atoms with E-state index in [9.17, 15) is 4.21 Å². The molecule has 0 saturated carbocycles. The van der Waals surface area contributed by atoms with Crippen molar-refractivity contribution in [1.29, 1.82) is 0 Å². The van der Waals surface area contributed by atoms with Gasteiger partial charge in [-0.05, 0) is 36.2 Å². The van der Waals surface area contributed by atoms with Gasteiger partial charge < -0.3 is 9.73 Å². The molecular weight excluding hydrogens is 342 g/mol. The van der Waals surface area contributed by atoms with E-state index in [0.29, 0.717) is 10.6 Å². The third kappa shape index (κ3) is 2.69. The largest absolute Gasteiger partial charge is 0.459 e. The Morgan fingerprint density at radius 1 is 1.25 bits per heavy atom. The van der Waals surface area contributed by atoms with E-state index in [1.807, 2.05) is 24.3 Å². The molecule has 0 radical (unpaired) electrons. The Morgan fingerprint density at radius 2 is 2.12 bits per heavy atom. The zero-order valence-electron chi connectivity index (χ0n) is 13.4. The molecule has 0 amide bonds. The molecule has 1 aromatic heterocycles. The number of hydrogen-bond acceptors (Lipinski definition) is 3. The minimum absolute atomic E-state index is 0.525. The Bertz CT molecular complexity index is 948. The Morgan fingerprint density at radius 3 is 2.96 bits per heavy atom. The van der Waals surface area contributed by atoms with Gasteiger partial charge in [-0.1, -0.05) is 30.7 Å². The molecule has 2 aromatic carbocycles. The lowest BCUT2D eigenvalue weighted by Gasteiger charge is -2.11. The van der Waals surface area contributed by atoms with Crippen LogP contribution < -0.4 is 5.32 Å². The first-order chi connectivity index (χ1) is 11.7. The maximum atomic E-state index is 13.0. The second kappa shape index (κ2) is 6.36. The molecule has 3 nitrogen and oxygen atoms in total. The summed E-state index contributed by atoms with van der Waals surface area (Å²) in [4.78, 5) is 1.52. The van der Waals surface area contributed by atoms with E-state index in [-0.39, 0.29) is 0 Å². The molecule has 1 unspecified atom stereocenters. The van der Waals surface area contributed by atoms with Crippen LogP contribution in [-0.2, 0) is 30.2 Å². The average molecular weight is 360 g/mol. The SMILES string of the molecule is CCc1cccc(S(=O)c2cc(Cl)c3oc4c(c3c2)CNCC4)c1. The van der Waals surface area contributed by atoms with E-state index in [0.717, 1.165) is 52.4 Å². The van der Waals surface area contributed by atoms with Gasteiger partial charge in [0, 0.05) is 40.3 Å². The van der Waals surface area contributed by atoms with Gasteiger partial charge in [0.25, 0.3) is 0 Å². The molecule has 5 heteroatoms. The first-order valence-electron chi connectivity index (χ1n) is 8.12. The molecule has 124 valence electrons. The summed E-state index contributed by atoms with van der Waals surface area (Å²) in [5.74, 6) is 0.988. The molecule has 24 heavy (non-hydrogen) atoms. The molecule has 1 aliphatic heterocycles. The molecule has 3 aromatic rings. The topological polar surface area (TPSA) is 42.2 Å². The molecule has 1 N–H and O–H groups in total. The summed E-state index contributed by atoms with van der Waals surface area (Å²) in [6.45, 7) is 3.77. The van der Waals surface area contributed by atoms with Crippen LogP contribution in [0, 0.1) is 0 Å². The highest BCUT2D eigenvalue weighted by Gasteiger charge is 2.21. The monoisotopic (exact) mass is 359 g/mol. The van der Waals surface area contributed by atoms with E-state index < -0.39 is 10.8 Å². The lowest BCUT2D eigenvalue weighted by molar-refractivity contribution is 0.500. The van der Waals surface area contributed by atoms with Crippen LogP contribution in [0.4, 0.5) is 0 Å². The maximum absolute atomic E-state index is 13.0. The summed E-state index contributed by atoms with van der Waals surface area (Å²) in [5.41, 5.74) is 3.02. The van der Waals surface area contributed by atoms with Gasteiger partial charge in [-0.2, -0.15) is 0 Å². The molecule has 2 heterocycles. The Balaban J connectivity index is 1.83. The van der Waals surface area contributed by atoms with Crippen LogP contribution in [0.1, 0.15) is 23.8 Å². The fourth-order valence-electron chi connectivity index (χ4n) is 3.17. The summed E-state index contributed by atoms with van der Waals surface area (Å²) in [5, 5.41) is 4.85. The standard InChI is InChI=1S/C19H18ClNO2S/c1-2-12-4-3-5-13(8-12)24(22)14-9-15-16-11-21-7-6-18(16)23-19(15)17(20)10-14/h3-5,8-10,21H,2,6-7,11H2,1H3. The van der Waals surface area contributed by atoms with Crippen LogP contribution in [0.2, 0.25) is 5.02 Å². The number of halogens is 1. The van der Waals surface area contributed by atoms with Crippen molar-refractivity contribution in [3.63, 3.8) is 0 Å². The zero-order valence-corrected chi connectivity index (χ0v) is 15.0. The lowest BCUT2D eigenvalue weighted by Crippen LogP contribution is -2.22. The van der Waals surface area contributed by atoms with Gasteiger partial charge in [0.1, 0.15) is 5.76 Å². The van der Waals surface area contributed by atoms with Crippen molar-refractivity contribution in [2.24, 2.45) is 0 Å². The van der Waals surface area contributed by atoms with Crippen molar-refractivity contribution in [2.45, 2.75) is 36.1 Å². The summed E-state index contributed by atoms with van der Waals surface area (Å²) >= 11 is 6.42. The number of nitrogens with one attached hydrogen (secondary N) is 1. The molecule has 0 fully saturated rings. The van der Waals surface area contributed by atoms with Crippen LogP contribution in [0.3, 0.4) is 0 Å². The number of aryl methyl sites for hydroxylation is 1. The van der Waals surface area contributed by atoms with Crippen LogP contribution in [0.5, 0.6) is 0 Å². The lowest BCUT2D eigenvalue weighted by atomic mass is 10.1. The van der Waals surface area contributed by atoms with Crippen LogP contribution in [-0.4, -0.2) is 10.8 Å². The maximum Gasteiger partial charge on any atom is 0.153 e. The number of furan rings is 1. The van der Waals surface area contributed by atoms with E-state index >= 15 is 0 Å². The summed E-state index contributed by atoms with van der Waals surface area (Å²) < 4.78 is 18.9. The molecule has 1 atom stereocenters. The predicted molar refractivity (Wildman–Crippen MR) is 97.1 cm³/mol. The molecular formula is C19H18ClNO2S. The van der Waals surface area contributed by atoms with Crippen molar-refractivity contribution in [3.05, 3.63) is 58.3 Å². The zero-order chi connectivity index (χ0) is 16.7. The Labute approximate surface area is 148 Å². The van der Waals surface area contributed by atoms with Gasteiger partial charge in [0.05, 0.1) is 15.8 Å². The minimum Gasteiger partial charge on any atom is -0.459 e. The highest BCUT2D eigenvalue weighted by molar-refractivity contribution is 7.85. The molecule has 0 saturated heterocycles. The normalized spacial score (nSPS) is 15.4. The van der Waals surface area contributed by atoms with E-state index in [1.54, 1.807) is 6.07 Å². The second-order valence-corrected chi connectivity index (χ2v) is 7.87. The Kier molecular flexibility index (Phi) is 4.21. The molecule has 0 aliphatic carbocycles. The van der Waals surface area contributed by atoms with E-state index in [1.165, 1.54) is 5.56 Å². The van der Waals surface area contributed by atoms with Gasteiger partial charge in [0.2, 0.25) is 0 Å². The van der Waals surface area contributed by atoms with Crippen LogP contribution in [0.25, 0.3) is 11.0 Å².